The second-order valence-electron chi connectivity index (χ2n) is 12.4. The standard InChI is InChI=1S/C22H22N2O3.C17H11F3N2O3/c25-20-12-15(10-11-16(20)14-6-2-1-3-7-14)24-22(27)18-13-23-19-9-5-4-8-17(19)21(18)26;18-17(19,20)9-5-10(7-11(23)6-9)22-16(25)13-8-21-14-4-2-1-3-12(14)15(13)24/h4-5,8-14,25H,1-3,6-7H2,(H,23,26)(H,24,27);1-8,23H,(H,21,24)(H,22,25). The number of carbonyl (C=O) groups excluding carboxylic acids is 2. The lowest BCUT2D eigenvalue weighted by Crippen LogP contribution is -2.22. The number of aromatic amines is 2. The van der Waals surface area contributed by atoms with Crippen LogP contribution in [0.1, 0.15) is 69.9 Å². The predicted octanol–water partition coefficient (Wildman–Crippen LogP) is 8.04. The number of phenolic OH excluding ortho intramolecular Hbond substituents is 2. The van der Waals surface area contributed by atoms with E-state index in [1.807, 2.05) is 12.1 Å². The Morgan fingerprint density at radius 1 is 0.673 bits per heavy atom. The van der Waals surface area contributed by atoms with Gasteiger partial charge in [0.2, 0.25) is 10.9 Å². The van der Waals surface area contributed by atoms with Crippen molar-refractivity contribution in [2.45, 2.75) is 44.2 Å². The van der Waals surface area contributed by atoms with Gasteiger partial charge in [-0.3, -0.25) is 19.2 Å². The third-order valence-corrected chi connectivity index (χ3v) is 8.90. The fourth-order valence-corrected chi connectivity index (χ4v) is 6.30. The summed E-state index contributed by atoms with van der Waals surface area (Å²) in [5.74, 6) is -1.45. The summed E-state index contributed by atoms with van der Waals surface area (Å²) in [6, 6.07) is 21.0. The summed E-state index contributed by atoms with van der Waals surface area (Å²) in [4.78, 5) is 55.5. The molecule has 0 bridgehead atoms. The minimum absolute atomic E-state index is 0.0459. The minimum Gasteiger partial charge on any atom is -0.508 e. The van der Waals surface area contributed by atoms with Crippen LogP contribution in [0.5, 0.6) is 11.5 Å². The van der Waals surface area contributed by atoms with Gasteiger partial charge < -0.3 is 30.8 Å². The highest BCUT2D eigenvalue weighted by Gasteiger charge is 2.31. The molecule has 13 heteroatoms. The van der Waals surface area contributed by atoms with Gasteiger partial charge >= 0.3 is 6.18 Å². The van der Waals surface area contributed by atoms with Crippen molar-refractivity contribution in [1.82, 2.24) is 9.97 Å². The molecular weight excluding hydrogens is 677 g/mol. The number of aromatic nitrogens is 2. The molecule has 1 saturated carbocycles. The number of benzene rings is 4. The van der Waals surface area contributed by atoms with Gasteiger partial charge in [-0.25, -0.2) is 0 Å². The fraction of sp³-hybridized carbons (Fsp3) is 0.179. The van der Waals surface area contributed by atoms with Crippen LogP contribution in [0.15, 0.2) is 107 Å². The largest absolute Gasteiger partial charge is 0.508 e. The maximum absolute atomic E-state index is 12.8. The molecule has 52 heavy (non-hydrogen) atoms. The number of amides is 2. The Morgan fingerprint density at radius 3 is 1.75 bits per heavy atom. The van der Waals surface area contributed by atoms with Gasteiger partial charge in [0.25, 0.3) is 11.8 Å². The number of fused-ring (bicyclic) bond motifs is 2. The van der Waals surface area contributed by atoms with E-state index in [1.165, 1.54) is 37.7 Å². The first-order valence-corrected chi connectivity index (χ1v) is 16.5. The number of halogens is 3. The van der Waals surface area contributed by atoms with Crippen LogP contribution in [0.2, 0.25) is 0 Å². The highest BCUT2D eigenvalue weighted by atomic mass is 19.4. The minimum atomic E-state index is -4.68. The molecule has 266 valence electrons. The fourth-order valence-electron chi connectivity index (χ4n) is 6.30. The van der Waals surface area contributed by atoms with Gasteiger partial charge in [-0.1, -0.05) is 49.6 Å². The molecule has 1 fully saturated rings. The van der Waals surface area contributed by atoms with E-state index in [0.29, 0.717) is 40.2 Å². The van der Waals surface area contributed by atoms with E-state index in [-0.39, 0.29) is 33.4 Å². The number of phenols is 2. The quantitative estimate of drug-likeness (QED) is 0.106. The molecule has 2 heterocycles. The van der Waals surface area contributed by atoms with Gasteiger partial charge in [-0.05, 0) is 66.8 Å². The molecule has 0 aliphatic heterocycles. The third kappa shape index (κ3) is 7.83. The maximum atomic E-state index is 12.8. The first-order chi connectivity index (χ1) is 24.9. The van der Waals surface area contributed by atoms with Gasteiger partial charge in [0.1, 0.15) is 22.6 Å². The summed E-state index contributed by atoms with van der Waals surface area (Å²) in [6.45, 7) is 0. The Bertz CT molecular complexity index is 2420. The first-order valence-electron chi connectivity index (χ1n) is 16.5. The third-order valence-electron chi connectivity index (χ3n) is 8.90. The Labute approximate surface area is 294 Å². The normalized spacial score (nSPS) is 13.3. The van der Waals surface area contributed by atoms with E-state index in [0.717, 1.165) is 24.5 Å². The predicted molar refractivity (Wildman–Crippen MR) is 192 cm³/mol. The molecule has 2 aromatic heterocycles. The van der Waals surface area contributed by atoms with Gasteiger partial charge in [0.15, 0.2) is 0 Å². The molecule has 6 N–H and O–H groups in total. The zero-order valence-electron chi connectivity index (χ0n) is 27.5. The van der Waals surface area contributed by atoms with E-state index in [4.69, 9.17) is 0 Å². The van der Waals surface area contributed by atoms with Crippen LogP contribution in [0.4, 0.5) is 24.5 Å². The van der Waals surface area contributed by atoms with Crippen molar-refractivity contribution in [3.63, 3.8) is 0 Å². The van der Waals surface area contributed by atoms with Crippen molar-refractivity contribution >= 4 is 45.0 Å². The summed E-state index contributed by atoms with van der Waals surface area (Å²) in [6.07, 6.45) is 3.74. The average Bonchev–Trinajstić information content (AvgIpc) is 3.12. The van der Waals surface area contributed by atoms with Crippen LogP contribution in [0, 0.1) is 0 Å². The first kappa shape index (κ1) is 35.5. The summed E-state index contributed by atoms with van der Waals surface area (Å²) in [7, 11) is 0. The highest BCUT2D eigenvalue weighted by Crippen LogP contribution is 2.38. The number of pyridine rings is 2. The second-order valence-corrected chi connectivity index (χ2v) is 12.4. The summed E-state index contributed by atoms with van der Waals surface area (Å²) in [5.41, 5.74) is 0.170. The van der Waals surface area contributed by atoms with Crippen LogP contribution < -0.4 is 21.5 Å². The van der Waals surface area contributed by atoms with Crippen LogP contribution in [0.25, 0.3) is 21.8 Å². The zero-order chi connectivity index (χ0) is 37.0. The van der Waals surface area contributed by atoms with E-state index in [9.17, 15) is 42.6 Å². The lowest BCUT2D eigenvalue weighted by atomic mass is 9.83. The van der Waals surface area contributed by atoms with Crippen molar-refractivity contribution in [1.29, 1.82) is 0 Å². The number of hydrogen-bond donors (Lipinski definition) is 6. The smallest absolute Gasteiger partial charge is 0.416 e. The molecule has 0 saturated heterocycles. The van der Waals surface area contributed by atoms with Crippen LogP contribution in [0.3, 0.4) is 0 Å². The number of nitrogens with one attached hydrogen (secondary N) is 4. The summed E-state index contributed by atoms with van der Waals surface area (Å²) < 4.78 is 38.3. The van der Waals surface area contributed by atoms with Gasteiger partial charge in [0, 0.05) is 57.7 Å². The SMILES string of the molecule is O=C(Nc1cc(O)cc(C(F)(F)F)c1)c1c[nH]c2ccccc2c1=O.O=C(Nc1ccc(C2CCCCC2)c(O)c1)c1c[nH]c2ccccc2c1=O. The van der Waals surface area contributed by atoms with Crippen molar-refractivity contribution < 1.29 is 33.0 Å². The van der Waals surface area contributed by atoms with E-state index in [1.54, 1.807) is 48.5 Å². The average molecular weight is 711 g/mol. The molecule has 0 spiro atoms. The van der Waals surface area contributed by atoms with Crippen molar-refractivity contribution in [3.05, 3.63) is 140 Å². The zero-order valence-corrected chi connectivity index (χ0v) is 27.5. The molecule has 7 rings (SSSR count). The molecule has 2 amide bonds. The number of para-hydroxylation sites is 2. The lowest BCUT2D eigenvalue weighted by molar-refractivity contribution is -0.137. The van der Waals surface area contributed by atoms with Crippen molar-refractivity contribution in [2.75, 3.05) is 10.6 Å². The Balaban J connectivity index is 0.000000179. The van der Waals surface area contributed by atoms with Gasteiger partial charge in [0.05, 0.1) is 5.56 Å². The number of alkyl halides is 3. The molecule has 0 atom stereocenters. The molecule has 1 aliphatic rings. The van der Waals surface area contributed by atoms with Gasteiger partial charge in [-0.2, -0.15) is 13.2 Å². The van der Waals surface area contributed by atoms with E-state index >= 15 is 0 Å². The van der Waals surface area contributed by atoms with Crippen molar-refractivity contribution in [2.24, 2.45) is 0 Å². The van der Waals surface area contributed by atoms with E-state index in [2.05, 4.69) is 20.6 Å². The molecule has 10 nitrogen and oxygen atoms in total. The Hall–Kier alpha value is -6.37. The molecule has 6 aromatic rings. The maximum Gasteiger partial charge on any atom is 0.416 e. The lowest BCUT2D eigenvalue weighted by Gasteiger charge is -2.23. The number of aromatic hydroxyl groups is 2. The highest BCUT2D eigenvalue weighted by molar-refractivity contribution is 6.06. The number of carbonyl (C=O) groups is 2. The summed E-state index contributed by atoms with van der Waals surface area (Å²) in [5, 5.41) is 25.5. The van der Waals surface area contributed by atoms with Crippen molar-refractivity contribution in [3.8, 4) is 11.5 Å². The molecule has 0 radical (unpaired) electrons. The van der Waals surface area contributed by atoms with Crippen LogP contribution in [-0.2, 0) is 6.18 Å². The number of anilines is 2. The number of H-pyrrole nitrogens is 2. The summed E-state index contributed by atoms with van der Waals surface area (Å²) >= 11 is 0. The molecule has 1 aliphatic carbocycles. The number of hydrogen-bond acceptors (Lipinski definition) is 6. The van der Waals surface area contributed by atoms with Crippen LogP contribution >= 0.6 is 0 Å². The Kier molecular flexibility index (Phi) is 10.1. The van der Waals surface area contributed by atoms with Crippen LogP contribution in [-0.4, -0.2) is 32.0 Å². The monoisotopic (exact) mass is 710 g/mol. The molecular formula is C39H33F3N4O6. The van der Waals surface area contributed by atoms with E-state index < -0.39 is 34.7 Å². The molecule has 0 unspecified atom stereocenters. The van der Waals surface area contributed by atoms with Gasteiger partial charge in [-0.15, -0.1) is 0 Å². The molecule has 4 aromatic carbocycles. The second kappa shape index (κ2) is 14.9. The Morgan fingerprint density at radius 2 is 1.21 bits per heavy atom. The number of rotatable bonds is 5. The topological polar surface area (TPSA) is 164 Å².